The second kappa shape index (κ2) is 6.96. The predicted octanol–water partition coefficient (Wildman–Crippen LogP) is 1.23. The lowest BCUT2D eigenvalue weighted by atomic mass is 10.1. The molecule has 0 saturated heterocycles. The lowest BCUT2D eigenvalue weighted by Gasteiger charge is -2.05. The number of nitrogens with zero attached hydrogens (tertiary/aromatic N) is 4. The third-order valence-corrected chi connectivity index (χ3v) is 2.84. The van der Waals surface area contributed by atoms with Gasteiger partial charge in [-0.15, -0.1) is 5.10 Å². The SMILES string of the molecule is CCOCCCn1nnnc1-c1ccc(CN)cc1. The maximum absolute atomic E-state index is 5.58. The standard InChI is InChI=1S/C13H19N5O/c1-2-19-9-3-8-18-13(15-16-17-18)12-6-4-11(10-14)5-7-12/h4-7H,2-3,8-10,14H2,1H3. The van der Waals surface area contributed by atoms with Gasteiger partial charge in [0.15, 0.2) is 5.82 Å². The average molecular weight is 261 g/mol. The van der Waals surface area contributed by atoms with E-state index in [-0.39, 0.29) is 0 Å². The van der Waals surface area contributed by atoms with Crippen molar-refractivity contribution < 1.29 is 4.74 Å². The molecule has 0 spiro atoms. The summed E-state index contributed by atoms with van der Waals surface area (Å²) in [7, 11) is 0. The first kappa shape index (κ1) is 13.6. The van der Waals surface area contributed by atoms with E-state index in [1.165, 1.54) is 0 Å². The second-order valence-electron chi connectivity index (χ2n) is 4.18. The van der Waals surface area contributed by atoms with Crippen molar-refractivity contribution in [2.45, 2.75) is 26.4 Å². The molecule has 6 heteroatoms. The Balaban J connectivity index is 2.05. The van der Waals surface area contributed by atoms with Crippen LogP contribution < -0.4 is 5.73 Å². The number of rotatable bonds is 7. The van der Waals surface area contributed by atoms with Crippen molar-refractivity contribution in [1.29, 1.82) is 0 Å². The Hall–Kier alpha value is -1.79. The first-order valence-corrected chi connectivity index (χ1v) is 6.48. The topological polar surface area (TPSA) is 78.8 Å². The van der Waals surface area contributed by atoms with Crippen LogP contribution >= 0.6 is 0 Å². The summed E-state index contributed by atoms with van der Waals surface area (Å²) >= 11 is 0. The van der Waals surface area contributed by atoms with Crippen LogP contribution in [0.1, 0.15) is 18.9 Å². The number of tetrazole rings is 1. The van der Waals surface area contributed by atoms with Gasteiger partial charge < -0.3 is 10.5 Å². The Morgan fingerprint density at radius 2 is 2.05 bits per heavy atom. The minimum atomic E-state index is 0.541. The summed E-state index contributed by atoms with van der Waals surface area (Å²) in [6.07, 6.45) is 0.896. The van der Waals surface area contributed by atoms with Crippen LogP contribution in [0.2, 0.25) is 0 Å². The van der Waals surface area contributed by atoms with E-state index in [2.05, 4.69) is 15.5 Å². The van der Waals surface area contributed by atoms with E-state index >= 15 is 0 Å². The summed E-state index contributed by atoms with van der Waals surface area (Å²) in [5, 5.41) is 11.8. The molecular formula is C13H19N5O. The smallest absolute Gasteiger partial charge is 0.182 e. The number of benzene rings is 1. The quantitative estimate of drug-likeness (QED) is 0.758. The Bertz CT molecular complexity index is 494. The number of aryl methyl sites for hydroxylation is 1. The number of hydrogen-bond acceptors (Lipinski definition) is 5. The van der Waals surface area contributed by atoms with Crippen molar-refractivity contribution in [2.75, 3.05) is 13.2 Å². The monoisotopic (exact) mass is 261 g/mol. The van der Waals surface area contributed by atoms with Crippen LogP contribution in [0.5, 0.6) is 0 Å². The zero-order valence-corrected chi connectivity index (χ0v) is 11.1. The van der Waals surface area contributed by atoms with E-state index in [0.717, 1.165) is 43.1 Å². The molecule has 0 saturated carbocycles. The fourth-order valence-electron chi connectivity index (χ4n) is 1.81. The molecule has 102 valence electrons. The summed E-state index contributed by atoms with van der Waals surface area (Å²) in [5.41, 5.74) is 7.68. The lowest BCUT2D eigenvalue weighted by Crippen LogP contribution is -2.06. The highest BCUT2D eigenvalue weighted by Gasteiger charge is 2.08. The summed E-state index contributed by atoms with van der Waals surface area (Å²) in [5.74, 6) is 0.778. The van der Waals surface area contributed by atoms with Gasteiger partial charge in [-0.1, -0.05) is 24.3 Å². The van der Waals surface area contributed by atoms with Gasteiger partial charge in [0.25, 0.3) is 0 Å². The third-order valence-electron chi connectivity index (χ3n) is 2.84. The molecule has 0 amide bonds. The first-order chi connectivity index (χ1) is 9.35. The molecule has 0 aliphatic rings. The van der Waals surface area contributed by atoms with Gasteiger partial charge in [-0.3, -0.25) is 0 Å². The van der Waals surface area contributed by atoms with Crippen molar-refractivity contribution in [1.82, 2.24) is 20.2 Å². The summed E-state index contributed by atoms with van der Waals surface area (Å²) in [6.45, 7) is 4.74. The van der Waals surface area contributed by atoms with Crippen LogP contribution in [0.15, 0.2) is 24.3 Å². The Morgan fingerprint density at radius 1 is 1.26 bits per heavy atom. The maximum atomic E-state index is 5.58. The summed E-state index contributed by atoms with van der Waals surface area (Å²) < 4.78 is 7.11. The van der Waals surface area contributed by atoms with Crippen LogP contribution in [0, 0.1) is 0 Å². The van der Waals surface area contributed by atoms with Gasteiger partial charge in [0.1, 0.15) is 0 Å². The normalized spacial score (nSPS) is 10.8. The summed E-state index contributed by atoms with van der Waals surface area (Å²) in [4.78, 5) is 0. The second-order valence-corrected chi connectivity index (χ2v) is 4.18. The van der Waals surface area contributed by atoms with Crippen molar-refractivity contribution in [2.24, 2.45) is 5.73 Å². The maximum Gasteiger partial charge on any atom is 0.182 e. The molecule has 0 fully saturated rings. The number of nitrogens with two attached hydrogens (primary N) is 1. The molecule has 0 bridgehead atoms. The average Bonchev–Trinajstić information content (AvgIpc) is 2.92. The Kier molecular flexibility index (Phi) is 5.00. The molecule has 0 radical (unpaired) electrons. The van der Waals surface area contributed by atoms with Crippen molar-refractivity contribution >= 4 is 0 Å². The lowest BCUT2D eigenvalue weighted by molar-refractivity contribution is 0.140. The molecule has 1 heterocycles. The van der Waals surface area contributed by atoms with E-state index in [9.17, 15) is 0 Å². The van der Waals surface area contributed by atoms with Crippen LogP contribution in [0.25, 0.3) is 11.4 Å². The molecule has 1 aromatic heterocycles. The fourth-order valence-corrected chi connectivity index (χ4v) is 1.81. The molecule has 1 aromatic carbocycles. The van der Waals surface area contributed by atoms with E-state index in [1.54, 1.807) is 4.68 Å². The first-order valence-electron chi connectivity index (χ1n) is 6.48. The van der Waals surface area contributed by atoms with E-state index in [1.807, 2.05) is 31.2 Å². The van der Waals surface area contributed by atoms with Gasteiger partial charge in [-0.05, 0) is 29.3 Å². The molecular weight excluding hydrogens is 242 g/mol. The van der Waals surface area contributed by atoms with Gasteiger partial charge in [0.05, 0.1) is 0 Å². The molecule has 2 aromatic rings. The van der Waals surface area contributed by atoms with Crippen LogP contribution in [-0.4, -0.2) is 33.4 Å². The highest BCUT2D eigenvalue weighted by Crippen LogP contribution is 2.16. The van der Waals surface area contributed by atoms with E-state index < -0.39 is 0 Å². The summed E-state index contributed by atoms with van der Waals surface area (Å²) in [6, 6.07) is 7.98. The van der Waals surface area contributed by atoms with Crippen molar-refractivity contribution in [3.8, 4) is 11.4 Å². The van der Waals surface area contributed by atoms with Gasteiger partial charge in [0.2, 0.25) is 0 Å². The predicted molar refractivity (Wildman–Crippen MR) is 72.3 cm³/mol. The van der Waals surface area contributed by atoms with Crippen molar-refractivity contribution in [3.05, 3.63) is 29.8 Å². The molecule has 2 N–H and O–H groups in total. The van der Waals surface area contributed by atoms with Gasteiger partial charge in [-0.25, -0.2) is 4.68 Å². The van der Waals surface area contributed by atoms with Crippen LogP contribution in [-0.2, 0) is 17.8 Å². The molecule has 2 rings (SSSR count). The molecule has 6 nitrogen and oxygen atoms in total. The third kappa shape index (κ3) is 3.59. The Labute approximate surface area is 112 Å². The van der Waals surface area contributed by atoms with E-state index in [0.29, 0.717) is 6.54 Å². The van der Waals surface area contributed by atoms with Gasteiger partial charge in [0, 0.05) is 31.9 Å². The molecule has 0 unspecified atom stereocenters. The fraction of sp³-hybridized carbons (Fsp3) is 0.462. The molecule has 0 aliphatic heterocycles. The molecule has 19 heavy (non-hydrogen) atoms. The zero-order chi connectivity index (χ0) is 13.5. The molecule has 0 atom stereocenters. The number of ether oxygens (including phenoxy) is 1. The zero-order valence-electron chi connectivity index (χ0n) is 11.1. The number of aromatic nitrogens is 4. The minimum absolute atomic E-state index is 0.541. The highest BCUT2D eigenvalue weighted by molar-refractivity contribution is 5.54. The van der Waals surface area contributed by atoms with Crippen LogP contribution in [0.4, 0.5) is 0 Å². The molecule has 0 aliphatic carbocycles. The van der Waals surface area contributed by atoms with Gasteiger partial charge in [-0.2, -0.15) is 0 Å². The van der Waals surface area contributed by atoms with Gasteiger partial charge >= 0.3 is 0 Å². The minimum Gasteiger partial charge on any atom is -0.382 e. The van der Waals surface area contributed by atoms with Crippen molar-refractivity contribution in [3.63, 3.8) is 0 Å². The van der Waals surface area contributed by atoms with E-state index in [4.69, 9.17) is 10.5 Å². The Morgan fingerprint density at radius 3 is 2.74 bits per heavy atom. The number of hydrogen-bond donors (Lipinski definition) is 1. The van der Waals surface area contributed by atoms with Crippen LogP contribution in [0.3, 0.4) is 0 Å². The highest BCUT2D eigenvalue weighted by atomic mass is 16.5. The largest absolute Gasteiger partial charge is 0.382 e.